The van der Waals surface area contributed by atoms with Crippen LogP contribution in [0.3, 0.4) is 0 Å². The normalized spacial score (nSPS) is 14.9. The molecule has 1 N–H and O–H groups in total. The Morgan fingerprint density at radius 2 is 1.93 bits per heavy atom. The molecule has 0 aliphatic carbocycles. The maximum absolute atomic E-state index is 12.9. The van der Waals surface area contributed by atoms with Gasteiger partial charge in [0.25, 0.3) is 5.91 Å². The number of nitrogens with one attached hydrogen (secondary N) is 1. The molecule has 2 heterocycles. The molecule has 6 nitrogen and oxygen atoms in total. The molecule has 1 aromatic carbocycles. The summed E-state index contributed by atoms with van der Waals surface area (Å²) in [5.74, 6) is 0.842. The fourth-order valence-corrected chi connectivity index (χ4v) is 4.28. The van der Waals surface area contributed by atoms with Gasteiger partial charge in [0.1, 0.15) is 15.6 Å². The van der Waals surface area contributed by atoms with Gasteiger partial charge >= 0.3 is 0 Å². The SMILES string of the molecule is CCOc1ccc(-c2nc(C)c(C(=O)N3CCC(NC(C)=O)CC3)s2)cc1. The first-order valence-electron chi connectivity index (χ1n) is 9.25. The number of likely N-dealkylation sites (tertiary alicyclic amines) is 1. The molecule has 3 rings (SSSR count). The summed E-state index contributed by atoms with van der Waals surface area (Å²) >= 11 is 1.43. The summed E-state index contributed by atoms with van der Waals surface area (Å²) in [7, 11) is 0. The van der Waals surface area contributed by atoms with Crippen molar-refractivity contribution < 1.29 is 14.3 Å². The quantitative estimate of drug-likeness (QED) is 0.855. The van der Waals surface area contributed by atoms with Crippen molar-refractivity contribution in [2.45, 2.75) is 39.7 Å². The van der Waals surface area contributed by atoms with Gasteiger partial charge in [0.05, 0.1) is 12.3 Å². The molecule has 0 bridgehead atoms. The van der Waals surface area contributed by atoms with Crippen molar-refractivity contribution in [1.82, 2.24) is 15.2 Å². The van der Waals surface area contributed by atoms with Crippen LogP contribution in [0.15, 0.2) is 24.3 Å². The smallest absolute Gasteiger partial charge is 0.265 e. The van der Waals surface area contributed by atoms with E-state index in [2.05, 4.69) is 10.3 Å². The molecule has 0 atom stereocenters. The molecule has 1 aliphatic heterocycles. The Kier molecular flexibility index (Phi) is 6.11. The van der Waals surface area contributed by atoms with Gasteiger partial charge in [-0.3, -0.25) is 9.59 Å². The van der Waals surface area contributed by atoms with E-state index in [0.717, 1.165) is 34.9 Å². The Morgan fingerprint density at radius 1 is 1.26 bits per heavy atom. The molecule has 0 radical (unpaired) electrons. The van der Waals surface area contributed by atoms with Crippen LogP contribution in [-0.4, -0.2) is 47.4 Å². The van der Waals surface area contributed by atoms with Gasteiger partial charge in [-0.05, 0) is 51.0 Å². The van der Waals surface area contributed by atoms with Crippen molar-refractivity contribution in [1.29, 1.82) is 0 Å². The molecule has 2 amide bonds. The number of amides is 2. The predicted octanol–water partition coefficient (Wildman–Crippen LogP) is 3.26. The van der Waals surface area contributed by atoms with Gasteiger partial charge in [-0.2, -0.15) is 0 Å². The Bertz CT molecular complexity index is 808. The zero-order valence-electron chi connectivity index (χ0n) is 15.9. The number of carbonyl (C=O) groups is 2. The van der Waals surface area contributed by atoms with Crippen molar-refractivity contribution in [3.05, 3.63) is 34.8 Å². The highest BCUT2D eigenvalue weighted by atomic mass is 32.1. The first-order chi connectivity index (χ1) is 13.0. The molecular formula is C20H25N3O3S. The van der Waals surface area contributed by atoms with Gasteiger partial charge < -0.3 is 15.0 Å². The van der Waals surface area contributed by atoms with E-state index in [1.54, 1.807) is 0 Å². The van der Waals surface area contributed by atoms with Crippen LogP contribution in [0, 0.1) is 6.92 Å². The third-order valence-electron chi connectivity index (χ3n) is 4.59. The number of hydrogen-bond donors (Lipinski definition) is 1. The molecule has 144 valence electrons. The number of hydrogen-bond acceptors (Lipinski definition) is 5. The van der Waals surface area contributed by atoms with E-state index in [-0.39, 0.29) is 17.9 Å². The highest BCUT2D eigenvalue weighted by molar-refractivity contribution is 7.17. The van der Waals surface area contributed by atoms with E-state index >= 15 is 0 Å². The first kappa shape index (κ1) is 19.4. The number of rotatable bonds is 5. The van der Waals surface area contributed by atoms with Crippen LogP contribution in [0.4, 0.5) is 0 Å². The van der Waals surface area contributed by atoms with Crippen LogP contribution in [0.1, 0.15) is 42.1 Å². The molecule has 1 saturated heterocycles. The average molecular weight is 388 g/mol. The molecule has 1 aromatic heterocycles. The van der Waals surface area contributed by atoms with Crippen molar-refractivity contribution in [2.75, 3.05) is 19.7 Å². The van der Waals surface area contributed by atoms with Crippen molar-refractivity contribution in [2.24, 2.45) is 0 Å². The maximum Gasteiger partial charge on any atom is 0.265 e. The molecule has 1 aliphatic rings. The number of aromatic nitrogens is 1. The van der Waals surface area contributed by atoms with E-state index in [1.165, 1.54) is 18.3 Å². The van der Waals surface area contributed by atoms with E-state index in [0.29, 0.717) is 24.6 Å². The second-order valence-corrected chi connectivity index (χ2v) is 7.66. The Morgan fingerprint density at radius 3 is 2.52 bits per heavy atom. The fraction of sp³-hybridized carbons (Fsp3) is 0.450. The molecule has 1 fully saturated rings. The molecular weight excluding hydrogens is 362 g/mol. The number of aryl methyl sites for hydroxylation is 1. The van der Waals surface area contributed by atoms with E-state index in [9.17, 15) is 9.59 Å². The number of ether oxygens (including phenoxy) is 1. The standard InChI is InChI=1S/C20H25N3O3S/c1-4-26-17-7-5-15(6-8-17)19-21-13(2)18(27-19)20(25)23-11-9-16(10-12-23)22-14(3)24/h5-8,16H,4,9-12H2,1-3H3,(H,22,24). The van der Waals surface area contributed by atoms with E-state index in [1.807, 2.05) is 43.0 Å². The largest absolute Gasteiger partial charge is 0.494 e. The van der Waals surface area contributed by atoms with Crippen LogP contribution in [-0.2, 0) is 4.79 Å². The lowest BCUT2D eigenvalue weighted by Gasteiger charge is -2.32. The number of thiazole rings is 1. The van der Waals surface area contributed by atoms with E-state index < -0.39 is 0 Å². The summed E-state index contributed by atoms with van der Waals surface area (Å²) in [4.78, 5) is 31.3. The monoisotopic (exact) mass is 387 g/mol. The maximum atomic E-state index is 12.9. The number of nitrogens with zero attached hydrogens (tertiary/aromatic N) is 2. The summed E-state index contributed by atoms with van der Waals surface area (Å²) in [6.45, 7) is 7.30. The predicted molar refractivity (Wildman–Crippen MR) is 106 cm³/mol. The van der Waals surface area contributed by atoms with Crippen LogP contribution in [0.2, 0.25) is 0 Å². The average Bonchev–Trinajstić information content (AvgIpc) is 3.04. The Balaban J connectivity index is 1.69. The summed E-state index contributed by atoms with van der Waals surface area (Å²) in [5.41, 5.74) is 1.74. The highest BCUT2D eigenvalue weighted by Crippen LogP contribution is 2.30. The van der Waals surface area contributed by atoms with Gasteiger partial charge in [0, 0.05) is 31.6 Å². The Hall–Kier alpha value is -2.41. The zero-order chi connectivity index (χ0) is 19.4. The molecule has 0 unspecified atom stereocenters. The molecule has 27 heavy (non-hydrogen) atoms. The topological polar surface area (TPSA) is 71.5 Å². The first-order valence-corrected chi connectivity index (χ1v) is 10.1. The van der Waals surface area contributed by atoms with Crippen LogP contribution >= 0.6 is 11.3 Å². The Labute approximate surface area is 163 Å². The second-order valence-electron chi connectivity index (χ2n) is 6.66. The summed E-state index contributed by atoms with van der Waals surface area (Å²) in [6.07, 6.45) is 1.57. The van der Waals surface area contributed by atoms with Crippen molar-refractivity contribution >= 4 is 23.2 Å². The fourth-order valence-electron chi connectivity index (χ4n) is 3.24. The number of benzene rings is 1. The van der Waals surface area contributed by atoms with Gasteiger partial charge in [-0.25, -0.2) is 4.98 Å². The van der Waals surface area contributed by atoms with Gasteiger partial charge in [-0.15, -0.1) is 11.3 Å². The van der Waals surface area contributed by atoms with Crippen molar-refractivity contribution in [3.8, 4) is 16.3 Å². The second kappa shape index (κ2) is 8.52. The minimum atomic E-state index is -0.0157. The van der Waals surface area contributed by atoms with Crippen LogP contribution in [0.25, 0.3) is 10.6 Å². The minimum Gasteiger partial charge on any atom is -0.494 e. The zero-order valence-corrected chi connectivity index (χ0v) is 16.8. The molecule has 0 saturated carbocycles. The van der Waals surface area contributed by atoms with E-state index in [4.69, 9.17) is 4.74 Å². The minimum absolute atomic E-state index is 0.0157. The van der Waals surface area contributed by atoms with Gasteiger partial charge in [-0.1, -0.05) is 0 Å². The van der Waals surface area contributed by atoms with Gasteiger partial charge in [0.15, 0.2) is 0 Å². The summed E-state index contributed by atoms with van der Waals surface area (Å²) in [5, 5.41) is 3.77. The van der Waals surface area contributed by atoms with Crippen molar-refractivity contribution in [3.63, 3.8) is 0 Å². The lowest BCUT2D eigenvalue weighted by atomic mass is 10.0. The molecule has 0 spiro atoms. The third kappa shape index (κ3) is 4.66. The molecule has 7 heteroatoms. The summed E-state index contributed by atoms with van der Waals surface area (Å²) < 4.78 is 5.47. The molecule has 2 aromatic rings. The lowest BCUT2D eigenvalue weighted by molar-refractivity contribution is -0.119. The number of carbonyl (C=O) groups excluding carboxylic acids is 2. The van der Waals surface area contributed by atoms with Gasteiger partial charge in [0.2, 0.25) is 5.91 Å². The highest BCUT2D eigenvalue weighted by Gasteiger charge is 2.26. The number of piperidine rings is 1. The lowest BCUT2D eigenvalue weighted by Crippen LogP contribution is -2.46. The summed E-state index contributed by atoms with van der Waals surface area (Å²) in [6, 6.07) is 7.94. The van der Waals surface area contributed by atoms with Crippen LogP contribution in [0.5, 0.6) is 5.75 Å². The van der Waals surface area contributed by atoms with Crippen LogP contribution < -0.4 is 10.1 Å². The third-order valence-corrected chi connectivity index (χ3v) is 5.79.